The quantitative estimate of drug-likeness (QED) is 0.570. The van der Waals surface area contributed by atoms with Gasteiger partial charge in [0, 0.05) is 36.1 Å². The van der Waals surface area contributed by atoms with Crippen LogP contribution in [0.15, 0.2) is 58.7 Å². The summed E-state index contributed by atoms with van der Waals surface area (Å²) in [5.41, 5.74) is 1.88. The van der Waals surface area contributed by atoms with Gasteiger partial charge in [-0.05, 0) is 42.8 Å². The van der Waals surface area contributed by atoms with E-state index in [1.165, 1.54) is 49.8 Å². The molecule has 0 saturated heterocycles. The van der Waals surface area contributed by atoms with Crippen LogP contribution in [0.2, 0.25) is 10.0 Å². The Balaban J connectivity index is 2.08. The van der Waals surface area contributed by atoms with Crippen LogP contribution < -0.4 is 4.72 Å². The molecule has 7 nitrogen and oxygen atoms in total. The lowest BCUT2D eigenvalue weighted by atomic mass is 10.1. The summed E-state index contributed by atoms with van der Waals surface area (Å²) >= 11 is 12.0. The number of aliphatic imine (C=N–C) groups is 1. The molecule has 0 aliphatic carbocycles. The summed E-state index contributed by atoms with van der Waals surface area (Å²) < 4.78 is 28.3. The zero-order chi connectivity index (χ0) is 21.2. The molecule has 10 heteroatoms. The van der Waals surface area contributed by atoms with Gasteiger partial charge in [0.25, 0.3) is 10.0 Å². The summed E-state index contributed by atoms with van der Waals surface area (Å²) in [5.74, 6) is -0.198. The van der Waals surface area contributed by atoms with Crippen molar-refractivity contribution in [1.82, 2.24) is 9.97 Å². The van der Waals surface area contributed by atoms with Crippen molar-refractivity contribution >= 4 is 44.6 Å². The molecule has 2 N–H and O–H groups in total. The van der Waals surface area contributed by atoms with Crippen LogP contribution in [0.3, 0.4) is 0 Å². The molecule has 150 valence electrons. The van der Waals surface area contributed by atoms with Gasteiger partial charge >= 0.3 is 0 Å². The second-order valence-corrected chi connectivity index (χ2v) is 8.57. The minimum Gasteiger partial charge on any atom is -0.493 e. The number of pyridine rings is 2. The molecule has 0 aliphatic heterocycles. The summed E-state index contributed by atoms with van der Waals surface area (Å²) in [6.45, 7) is 1.71. The average Bonchev–Trinajstić information content (AvgIpc) is 2.66. The van der Waals surface area contributed by atoms with Crippen molar-refractivity contribution in [3.05, 3.63) is 75.7 Å². The highest BCUT2D eigenvalue weighted by atomic mass is 35.5. The zero-order valence-corrected chi connectivity index (χ0v) is 17.7. The summed E-state index contributed by atoms with van der Waals surface area (Å²) in [7, 11) is -2.42. The predicted molar refractivity (Wildman–Crippen MR) is 114 cm³/mol. The Hall–Kier alpha value is -2.68. The second-order valence-electron chi connectivity index (χ2n) is 6.04. The molecule has 0 amide bonds. The van der Waals surface area contributed by atoms with Gasteiger partial charge in [-0.1, -0.05) is 23.2 Å². The van der Waals surface area contributed by atoms with Crippen LogP contribution in [-0.2, 0) is 10.0 Å². The van der Waals surface area contributed by atoms with Gasteiger partial charge in [-0.15, -0.1) is 0 Å². The van der Waals surface area contributed by atoms with Gasteiger partial charge < -0.3 is 5.11 Å². The fraction of sp³-hybridized carbons (Fsp3) is 0.105. The molecular formula is C19H16Cl2N4O3S. The molecule has 0 spiro atoms. The van der Waals surface area contributed by atoms with Crippen molar-refractivity contribution in [3.8, 4) is 5.88 Å². The Morgan fingerprint density at radius 3 is 2.55 bits per heavy atom. The fourth-order valence-corrected chi connectivity index (χ4v) is 4.05. The number of hydrogen-bond acceptors (Lipinski definition) is 6. The van der Waals surface area contributed by atoms with Crippen molar-refractivity contribution in [2.24, 2.45) is 4.99 Å². The van der Waals surface area contributed by atoms with E-state index < -0.39 is 10.0 Å². The molecule has 3 aromatic rings. The number of aryl methyl sites for hydroxylation is 1. The highest BCUT2D eigenvalue weighted by molar-refractivity contribution is 7.92. The number of rotatable bonds is 5. The van der Waals surface area contributed by atoms with E-state index in [-0.39, 0.29) is 27.2 Å². The molecule has 2 heterocycles. The highest BCUT2D eigenvalue weighted by Gasteiger charge is 2.21. The fourth-order valence-electron chi connectivity index (χ4n) is 2.63. The van der Waals surface area contributed by atoms with Crippen LogP contribution in [0.25, 0.3) is 0 Å². The lowest BCUT2D eigenvalue weighted by molar-refractivity contribution is 0.453. The van der Waals surface area contributed by atoms with Crippen molar-refractivity contribution in [3.63, 3.8) is 0 Å². The molecule has 0 bridgehead atoms. The normalized spacial score (nSPS) is 12.1. The van der Waals surface area contributed by atoms with E-state index in [9.17, 15) is 13.5 Å². The maximum atomic E-state index is 12.9. The Bertz CT molecular complexity index is 1210. The van der Waals surface area contributed by atoms with Gasteiger partial charge in [0.1, 0.15) is 5.69 Å². The second kappa shape index (κ2) is 8.36. The minimum atomic E-state index is -3.95. The maximum Gasteiger partial charge on any atom is 0.261 e. The van der Waals surface area contributed by atoms with Gasteiger partial charge in [-0.25, -0.2) is 13.4 Å². The number of sulfonamides is 1. The van der Waals surface area contributed by atoms with E-state index in [0.29, 0.717) is 21.9 Å². The summed E-state index contributed by atoms with van der Waals surface area (Å²) in [4.78, 5) is 12.2. The van der Waals surface area contributed by atoms with Crippen LogP contribution >= 0.6 is 23.2 Å². The van der Waals surface area contributed by atoms with Crippen LogP contribution in [-0.4, -0.2) is 36.3 Å². The number of nitrogens with one attached hydrogen (secondary N) is 1. The van der Waals surface area contributed by atoms with Gasteiger partial charge in [-0.2, -0.15) is 0 Å². The smallest absolute Gasteiger partial charge is 0.261 e. The number of nitrogens with zero attached hydrogens (tertiary/aromatic N) is 3. The van der Waals surface area contributed by atoms with Gasteiger partial charge in [0.15, 0.2) is 0 Å². The van der Waals surface area contributed by atoms with E-state index in [4.69, 9.17) is 23.2 Å². The SMILES string of the molecule is C/N=C(/c1ccnc(O)c1)c1ncc(Cl)cc1NS(=O)(=O)c1ccc(Cl)c(C)c1. The first-order chi connectivity index (χ1) is 13.7. The maximum absolute atomic E-state index is 12.9. The molecule has 0 atom stereocenters. The van der Waals surface area contributed by atoms with Crippen LogP contribution in [0.4, 0.5) is 5.69 Å². The molecule has 0 unspecified atom stereocenters. The Morgan fingerprint density at radius 2 is 1.90 bits per heavy atom. The number of hydrogen-bond donors (Lipinski definition) is 2. The van der Waals surface area contributed by atoms with E-state index >= 15 is 0 Å². The first-order valence-corrected chi connectivity index (χ1v) is 10.5. The summed E-state index contributed by atoms with van der Waals surface area (Å²) in [6.07, 6.45) is 2.79. The summed E-state index contributed by atoms with van der Waals surface area (Å²) in [5, 5.41) is 10.4. The van der Waals surface area contributed by atoms with E-state index in [1.807, 2.05) is 0 Å². The van der Waals surface area contributed by atoms with Crippen LogP contribution in [0, 0.1) is 6.92 Å². The van der Waals surface area contributed by atoms with Crippen LogP contribution in [0.5, 0.6) is 5.88 Å². The Morgan fingerprint density at radius 1 is 1.14 bits per heavy atom. The largest absolute Gasteiger partial charge is 0.493 e. The van der Waals surface area contributed by atoms with E-state index in [0.717, 1.165) is 0 Å². The Kier molecular flexibility index (Phi) is 6.07. The molecule has 2 aromatic heterocycles. The first-order valence-electron chi connectivity index (χ1n) is 8.28. The van der Waals surface area contributed by atoms with Crippen molar-refractivity contribution in [2.45, 2.75) is 11.8 Å². The molecule has 0 radical (unpaired) electrons. The standard InChI is InChI=1S/C19H16Cl2N4O3S/c1-11-7-14(3-4-15(11)21)29(27,28)25-16-9-13(20)10-24-19(16)18(22-2)12-5-6-23-17(26)8-12/h3-10,25H,1-2H3,(H,23,26)/b22-18-. The van der Waals surface area contributed by atoms with Gasteiger partial charge in [-0.3, -0.25) is 14.7 Å². The van der Waals surface area contributed by atoms with Crippen LogP contribution in [0.1, 0.15) is 16.8 Å². The number of anilines is 1. The topological polar surface area (TPSA) is 105 Å². The highest BCUT2D eigenvalue weighted by Crippen LogP contribution is 2.27. The third kappa shape index (κ3) is 4.67. The average molecular weight is 451 g/mol. The predicted octanol–water partition coefficient (Wildman–Crippen LogP) is 4.07. The molecule has 29 heavy (non-hydrogen) atoms. The van der Waals surface area contributed by atoms with E-state index in [1.54, 1.807) is 13.0 Å². The molecule has 1 aromatic carbocycles. The van der Waals surface area contributed by atoms with Gasteiger partial charge in [0.2, 0.25) is 5.88 Å². The first kappa shape index (κ1) is 21.0. The van der Waals surface area contributed by atoms with Crippen molar-refractivity contribution in [2.75, 3.05) is 11.8 Å². The third-order valence-corrected chi connectivity index (χ3v) is 6.00. The Labute approximate surface area is 178 Å². The summed E-state index contributed by atoms with van der Waals surface area (Å²) in [6, 6.07) is 8.86. The lowest BCUT2D eigenvalue weighted by Gasteiger charge is -2.14. The molecular weight excluding hydrogens is 435 g/mol. The number of aromatic nitrogens is 2. The molecule has 3 rings (SSSR count). The van der Waals surface area contributed by atoms with Crippen molar-refractivity contribution in [1.29, 1.82) is 0 Å². The lowest BCUT2D eigenvalue weighted by Crippen LogP contribution is -2.17. The number of benzene rings is 1. The van der Waals surface area contributed by atoms with Gasteiger partial charge in [0.05, 0.1) is 21.3 Å². The number of halogens is 2. The molecule has 0 saturated carbocycles. The molecule has 0 fully saturated rings. The minimum absolute atomic E-state index is 0.0434. The zero-order valence-electron chi connectivity index (χ0n) is 15.4. The molecule has 0 aliphatic rings. The van der Waals surface area contributed by atoms with Crippen molar-refractivity contribution < 1.29 is 13.5 Å². The number of aromatic hydroxyl groups is 1. The third-order valence-electron chi connectivity index (χ3n) is 4.01. The van der Waals surface area contributed by atoms with E-state index in [2.05, 4.69) is 19.7 Å². The monoisotopic (exact) mass is 450 g/mol.